The lowest BCUT2D eigenvalue weighted by Gasteiger charge is -2.45. The van der Waals surface area contributed by atoms with Gasteiger partial charge in [0.1, 0.15) is 5.82 Å². The molecule has 1 unspecified atom stereocenters. The van der Waals surface area contributed by atoms with Crippen LogP contribution in [0.2, 0.25) is 0 Å². The number of nitrogens with zero attached hydrogens (tertiary/aromatic N) is 2. The van der Waals surface area contributed by atoms with Gasteiger partial charge in [-0.25, -0.2) is 0 Å². The number of rotatable bonds is 5. The van der Waals surface area contributed by atoms with Gasteiger partial charge in [-0.1, -0.05) is 31.2 Å². The fourth-order valence-electron chi connectivity index (χ4n) is 4.47. The van der Waals surface area contributed by atoms with Crippen molar-refractivity contribution in [2.45, 2.75) is 58.7 Å². The van der Waals surface area contributed by atoms with Gasteiger partial charge >= 0.3 is 0 Å². The Bertz CT molecular complexity index is 862. The molecule has 2 aromatic rings. The van der Waals surface area contributed by atoms with Gasteiger partial charge in [0.15, 0.2) is 0 Å². The molecule has 1 fully saturated rings. The maximum absolute atomic E-state index is 12.5. The number of amides is 1. The average molecular weight is 380 g/mol. The van der Waals surface area contributed by atoms with Gasteiger partial charge in [0.2, 0.25) is 11.8 Å². The SMILES string of the molecule is CC(=O)N1c2ccccc2C(Nc2cccc(OC(C)C)n2)[C@@H](C)[C@@H]1C1CC1. The maximum atomic E-state index is 12.5. The zero-order chi connectivity index (χ0) is 19.8. The van der Waals surface area contributed by atoms with Crippen LogP contribution in [0.15, 0.2) is 42.5 Å². The first-order valence-corrected chi connectivity index (χ1v) is 10.2. The standard InChI is InChI=1S/C23H29N3O2/c1-14(2)28-21-11-7-10-20(24-21)25-22-15(3)23(17-12-13-17)26(16(4)27)19-9-6-5-8-18(19)22/h5-11,14-15,17,22-23H,12-13H2,1-4H3,(H,24,25)/t15-,22?,23-/m1/s1. The Hall–Kier alpha value is -2.56. The van der Waals surface area contributed by atoms with Gasteiger partial charge < -0.3 is 15.0 Å². The van der Waals surface area contributed by atoms with Gasteiger partial charge in [0.25, 0.3) is 0 Å². The summed E-state index contributed by atoms with van der Waals surface area (Å²) >= 11 is 0. The molecular weight excluding hydrogens is 350 g/mol. The number of carbonyl (C=O) groups excluding carboxylic acids is 1. The Morgan fingerprint density at radius 2 is 1.93 bits per heavy atom. The van der Waals surface area contributed by atoms with Crippen molar-refractivity contribution in [3.63, 3.8) is 0 Å². The summed E-state index contributed by atoms with van der Waals surface area (Å²) in [5.74, 6) is 2.42. The van der Waals surface area contributed by atoms with Crippen LogP contribution in [0.3, 0.4) is 0 Å². The molecule has 3 atom stereocenters. The Balaban J connectivity index is 1.70. The highest BCUT2D eigenvalue weighted by Gasteiger charge is 2.47. The molecule has 1 amide bonds. The number of carbonyl (C=O) groups is 1. The quantitative estimate of drug-likeness (QED) is 0.810. The summed E-state index contributed by atoms with van der Waals surface area (Å²) in [6.45, 7) is 7.93. The molecule has 1 aliphatic carbocycles. The van der Waals surface area contributed by atoms with E-state index in [0.29, 0.717) is 11.8 Å². The molecule has 5 nitrogen and oxygen atoms in total. The Kier molecular flexibility index (Phi) is 5.00. The molecule has 0 spiro atoms. The molecule has 28 heavy (non-hydrogen) atoms. The first-order chi connectivity index (χ1) is 13.5. The molecule has 1 aromatic carbocycles. The van der Waals surface area contributed by atoms with E-state index in [4.69, 9.17) is 4.74 Å². The van der Waals surface area contributed by atoms with Gasteiger partial charge in [0.05, 0.1) is 12.1 Å². The molecule has 1 aliphatic heterocycles. The van der Waals surface area contributed by atoms with Crippen molar-refractivity contribution >= 4 is 17.4 Å². The molecule has 0 radical (unpaired) electrons. The van der Waals surface area contributed by atoms with Crippen LogP contribution < -0.4 is 15.0 Å². The maximum Gasteiger partial charge on any atom is 0.224 e. The van der Waals surface area contributed by atoms with Crippen molar-refractivity contribution in [3.8, 4) is 5.88 Å². The van der Waals surface area contributed by atoms with Gasteiger partial charge in [0, 0.05) is 30.6 Å². The van der Waals surface area contributed by atoms with Crippen LogP contribution in [0.25, 0.3) is 0 Å². The fourth-order valence-corrected chi connectivity index (χ4v) is 4.47. The van der Waals surface area contributed by atoms with Crippen molar-refractivity contribution in [3.05, 3.63) is 48.0 Å². The smallest absolute Gasteiger partial charge is 0.224 e. The summed E-state index contributed by atoms with van der Waals surface area (Å²) in [5, 5.41) is 3.64. The number of nitrogens with one attached hydrogen (secondary N) is 1. The molecule has 4 rings (SSSR count). The van der Waals surface area contributed by atoms with E-state index in [1.807, 2.05) is 49.1 Å². The third-order valence-electron chi connectivity index (χ3n) is 5.72. The lowest BCUT2D eigenvalue weighted by molar-refractivity contribution is -0.117. The second kappa shape index (κ2) is 7.46. The van der Waals surface area contributed by atoms with E-state index in [9.17, 15) is 4.79 Å². The van der Waals surface area contributed by atoms with Crippen LogP contribution >= 0.6 is 0 Å². The molecule has 5 heteroatoms. The summed E-state index contributed by atoms with van der Waals surface area (Å²) in [4.78, 5) is 19.2. The highest BCUT2D eigenvalue weighted by Crippen LogP contribution is 2.49. The summed E-state index contributed by atoms with van der Waals surface area (Å²) < 4.78 is 5.75. The van der Waals surface area contributed by atoms with Gasteiger partial charge in [-0.15, -0.1) is 0 Å². The Labute approximate surface area is 167 Å². The molecular formula is C23H29N3O2. The van der Waals surface area contributed by atoms with Crippen LogP contribution in [0, 0.1) is 11.8 Å². The van der Waals surface area contributed by atoms with Crippen molar-refractivity contribution in [1.82, 2.24) is 4.98 Å². The predicted molar refractivity (Wildman–Crippen MR) is 112 cm³/mol. The van der Waals surface area contributed by atoms with E-state index in [0.717, 1.165) is 17.1 Å². The lowest BCUT2D eigenvalue weighted by Crippen LogP contribution is -2.51. The number of aromatic nitrogens is 1. The second-order valence-corrected chi connectivity index (χ2v) is 8.28. The van der Waals surface area contributed by atoms with Crippen molar-refractivity contribution in [1.29, 1.82) is 0 Å². The monoisotopic (exact) mass is 379 g/mol. The van der Waals surface area contributed by atoms with E-state index < -0.39 is 0 Å². The minimum Gasteiger partial charge on any atom is -0.475 e. The number of pyridine rings is 1. The van der Waals surface area contributed by atoms with E-state index in [-0.39, 0.29) is 30.0 Å². The topological polar surface area (TPSA) is 54.5 Å². The number of para-hydroxylation sites is 1. The third-order valence-corrected chi connectivity index (χ3v) is 5.72. The minimum atomic E-state index is 0.0838. The van der Waals surface area contributed by atoms with E-state index in [1.165, 1.54) is 12.8 Å². The summed E-state index contributed by atoms with van der Waals surface area (Å²) in [6.07, 6.45) is 2.48. The third kappa shape index (κ3) is 3.58. The van der Waals surface area contributed by atoms with Crippen LogP contribution in [0.4, 0.5) is 11.5 Å². The van der Waals surface area contributed by atoms with Crippen molar-refractivity contribution in [2.24, 2.45) is 11.8 Å². The summed E-state index contributed by atoms with van der Waals surface area (Å²) in [7, 11) is 0. The number of fused-ring (bicyclic) bond motifs is 1. The highest BCUT2D eigenvalue weighted by atomic mass is 16.5. The van der Waals surface area contributed by atoms with Crippen molar-refractivity contribution in [2.75, 3.05) is 10.2 Å². The zero-order valence-corrected chi connectivity index (χ0v) is 17.1. The van der Waals surface area contributed by atoms with E-state index in [2.05, 4.69) is 29.4 Å². The number of benzene rings is 1. The minimum absolute atomic E-state index is 0.0838. The van der Waals surface area contributed by atoms with Crippen LogP contribution in [-0.4, -0.2) is 23.0 Å². The zero-order valence-electron chi connectivity index (χ0n) is 17.1. The van der Waals surface area contributed by atoms with Crippen molar-refractivity contribution < 1.29 is 9.53 Å². The average Bonchev–Trinajstić information content (AvgIpc) is 3.48. The normalized spacial score (nSPS) is 24.0. The molecule has 1 N–H and O–H groups in total. The van der Waals surface area contributed by atoms with Gasteiger partial charge in [-0.2, -0.15) is 4.98 Å². The predicted octanol–water partition coefficient (Wildman–Crippen LogP) is 4.80. The number of anilines is 2. The Morgan fingerprint density at radius 1 is 1.18 bits per heavy atom. The highest BCUT2D eigenvalue weighted by molar-refractivity contribution is 5.94. The van der Waals surface area contributed by atoms with Gasteiger partial charge in [-0.3, -0.25) is 4.79 Å². The Morgan fingerprint density at radius 3 is 2.61 bits per heavy atom. The second-order valence-electron chi connectivity index (χ2n) is 8.28. The van der Waals surface area contributed by atoms with E-state index in [1.54, 1.807) is 6.92 Å². The van der Waals surface area contributed by atoms with Crippen LogP contribution in [-0.2, 0) is 4.79 Å². The van der Waals surface area contributed by atoms with Crippen LogP contribution in [0.1, 0.15) is 52.1 Å². The van der Waals surface area contributed by atoms with Crippen LogP contribution in [0.5, 0.6) is 5.88 Å². The largest absolute Gasteiger partial charge is 0.475 e. The molecule has 0 bridgehead atoms. The fraction of sp³-hybridized carbons (Fsp3) is 0.478. The molecule has 1 aromatic heterocycles. The summed E-state index contributed by atoms with van der Waals surface area (Å²) in [5.41, 5.74) is 2.18. The first-order valence-electron chi connectivity index (χ1n) is 10.2. The number of hydrogen-bond acceptors (Lipinski definition) is 4. The number of ether oxygens (including phenoxy) is 1. The first kappa shape index (κ1) is 18.8. The summed E-state index contributed by atoms with van der Waals surface area (Å²) in [6, 6.07) is 14.4. The molecule has 1 saturated carbocycles. The molecule has 2 heterocycles. The van der Waals surface area contributed by atoms with Gasteiger partial charge in [-0.05, 0) is 50.3 Å². The number of hydrogen-bond donors (Lipinski definition) is 1. The molecule has 148 valence electrons. The molecule has 0 saturated heterocycles. The molecule has 2 aliphatic rings. The van der Waals surface area contributed by atoms with E-state index >= 15 is 0 Å². The lowest BCUT2D eigenvalue weighted by atomic mass is 9.80.